The Morgan fingerprint density at radius 1 is 1.03 bits per heavy atom. The molecule has 0 saturated heterocycles. The summed E-state index contributed by atoms with van der Waals surface area (Å²) in [5.74, 6) is 0.511. The van der Waals surface area contributed by atoms with Gasteiger partial charge in [-0.3, -0.25) is 5.10 Å². The lowest BCUT2D eigenvalue weighted by Gasteiger charge is -2.22. The van der Waals surface area contributed by atoms with Crippen molar-refractivity contribution >= 4 is 27.6 Å². The van der Waals surface area contributed by atoms with Crippen LogP contribution in [0.5, 0.6) is 0 Å². The van der Waals surface area contributed by atoms with Crippen LogP contribution in [0.3, 0.4) is 0 Å². The first kappa shape index (κ1) is 17.7. The molecule has 6 heteroatoms. The van der Waals surface area contributed by atoms with Crippen LogP contribution >= 0.6 is 0 Å². The van der Waals surface area contributed by atoms with Crippen LogP contribution < -0.4 is 5.73 Å². The Morgan fingerprint density at radius 3 is 2.55 bits per heavy atom. The molecule has 0 unspecified atom stereocenters. The molecule has 2 aromatic heterocycles. The number of nitrogens with two attached hydrogens (primary N) is 1. The number of aryl methyl sites for hydroxylation is 1. The lowest BCUT2D eigenvalue weighted by atomic mass is 9.85. The molecule has 2 aromatic carbocycles. The van der Waals surface area contributed by atoms with Crippen LogP contribution in [0.4, 0.5) is 0 Å². The van der Waals surface area contributed by atoms with E-state index < -0.39 is 0 Å². The largest absolute Gasteiger partial charge is 0.382 e. The Kier molecular flexibility index (Phi) is 4.19. The first-order chi connectivity index (χ1) is 14.1. The van der Waals surface area contributed by atoms with E-state index in [1.54, 1.807) is 5.01 Å². The maximum absolute atomic E-state index is 6.10. The second kappa shape index (κ2) is 6.88. The minimum absolute atomic E-state index is 0.511. The van der Waals surface area contributed by atoms with Crippen LogP contribution in [0.25, 0.3) is 33.1 Å². The number of nitrogens with one attached hydrogen (secondary N) is 1. The fraction of sp³-hybridized carbons (Fsp3) is 0.261. The van der Waals surface area contributed by atoms with Crippen molar-refractivity contribution in [2.45, 2.75) is 25.7 Å². The Hall–Kier alpha value is -3.41. The van der Waals surface area contributed by atoms with E-state index in [0.29, 0.717) is 5.84 Å². The number of aromatic amines is 1. The average molecular weight is 384 g/mol. The fourth-order valence-corrected chi connectivity index (χ4v) is 4.36. The molecule has 0 radical (unpaired) electrons. The van der Waals surface area contributed by atoms with Gasteiger partial charge in [-0.25, -0.2) is 4.98 Å². The van der Waals surface area contributed by atoms with Gasteiger partial charge in [0, 0.05) is 36.0 Å². The summed E-state index contributed by atoms with van der Waals surface area (Å²) in [7, 11) is 3.73. The molecule has 0 spiro atoms. The zero-order chi connectivity index (χ0) is 20.0. The van der Waals surface area contributed by atoms with E-state index in [1.807, 2.05) is 32.4 Å². The third-order valence-electron chi connectivity index (χ3n) is 5.65. The highest BCUT2D eigenvalue weighted by atomic mass is 15.4. The number of benzene rings is 2. The molecule has 0 fully saturated rings. The number of H-pyrrole nitrogens is 1. The molecule has 0 amide bonds. The van der Waals surface area contributed by atoms with E-state index in [9.17, 15) is 0 Å². The van der Waals surface area contributed by atoms with Gasteiger partial charge in [-0.05, 0) is 48.9 Å². The van der Waals surface area contributed by atoms with Crippen molar-refractivity contribution in [1.29, 1.82) is 0 Å². The van der Waals surface area contributed by atoms with Crippen molar-refractivity contribution in [3.63, 3.8) is 0 Å². The highest BCUT2D eigenvalue weighted by Gasteiger charge is 2.21. The van der Waals surface area contributed by atoms with Crippen molar-refractivity contribution in [2.24, 2.45) is 10.8 Å². The van der Waals surface area contributed by atoms with Crippen LogP contribution in [-0.2, 0) is 12.8 Å². The molecule has 6 nitrogen and oxygen atoms in total. The summed E-state index contributed by atoms with van der Waals surface area (Å²) in [6.45, 7) is 0. The number of aromatic nitrogens is 3. The molecule has 0 atom stereocenters. The Labute approximate surface area is 169 Å². The maximum Gasteiger partial charge on any atom is 0.150 e. The summed E-state index contributed by atoms with van der Waals surface area (Å²) in [6, 6.07) is 12.4. The van der Waals surface area contributed by atoms with E-state index in [2.05, 4.69) is 39.6 Å². The highest BCUT2D eigenvalue weighted by Crippen LogP contribution is 2.37. The summed E-state index contributed by atoms with van der Waals surface area (Å²) < 4.78 is 0. The second-order valence-electron chi connectivity index (χ2n) is 7.83. The number of pyridine rings is 1. The minimum Gasteiger partial charge on any atom is -0.382 e. The molecule has 3 N–H and O–H groups in total. The van der Waals surface area contributed by atoms with Gasteiger partial charge in [0.25, 0.3) is 0 Å². The van der Waals surface area contributed by atoms with Gasteiger partial charge in [-0.2, -0.15) is 10.2 Å². The molecule has 1 aliphatic rings. The fourth-order valence-electron chi connectivity index (χ4n) is 4.36. The van der Waals surface area contributed by atoms with Crippen LogP contribution in [0.2, 0.25) is 0 Å². The summed E-state index contributed by atoms with van der Waals surface area (Å²) in [6.07, 6.45) is 6.50. The monoisotopic (exact) mass is 384 g/mol. The predicted molar refractivity (Wildman–Crippen MR) is 118 cm³/mol. The molecule has 2 heterocycles. The summed E-state index contributed by atoms with van der Waals surface area (Å²) in [5, 5.41) is 15.8. The highest BCUT2D eigenvalue weighted by molar-refractivity contribution is 6.07. The summed E-state index contributed by atoms with van der Waals surface area (Å²) in [5.41, 5.74) is 14.1. The zero-order valence-electron chi connectivity index (χ0n) is 16.7. The number of nitrogens with zero attached hydrogens (tertiary/aromatic N) is 4. The summed E-state index contributed by atoms with van der Waals surface area (Å²) >= 11 is 0. The van der Waals surface area contributed by atoms with Gasteiger partial charge in [0.05, 0.1) is 22.9 Å². The van der Waals surface area contributed by atoms with E-state index >= 15 is 0 Å². The minimum atomic E-state index is 0.511. The van der Waals surface area contributed by atoms with Crippen molar-refractivity contribution < 1.29 is 0 Å². The molecule has 0 aliphatic heterocycles. The quantitative estimate of drug-likeness (QED) is 0.319. The number of hydrogen-bond donors (Lipinski definition) is 2. The van der Waals surface area contributed by atoms with E-state index in [4.69, 9.17) is 10.7 Å². The number of fused-ring (bicyclic) bond motifs is 5. The normalized spacial score (nSPS) is 14.3. The molecule has 0 bridgehead atoms. The third-order valence-corrected chi connectivity index (χ3v) is 5.65. The average Bonchev–Trinajstić information content (AvgIpc) is 3.21. The second-order valence-corrected chi connectivity index (χ2v) is 7.83. The standard InChI is InChI=1S/C23H24N6/c1-29(2)28-23(24)15-9-7-14(8-10-15)22-17-6-4-3-5-16(17)21-18-13-25-27-19(18)11-12-20(21)26-22/h7-13H,3-6H2,1-2H3,(H2,24,28)(H,25,27). The lowest BCUT2D eigenvalue weighted by Crippen LogP contribution is -2.18. The van der Waals surface area contributed by atoms with E-state index in [0.717, 1.165) is 40.7 Å². The van der Waals surface area contributed by atoms with Crippen molar-refractivity contribution in [2.75, 3.05) is 14.1 Å². The van der Waals surface area contributed by atoms with Gasteiger partial charge in [0.15, 0.2) is 5.84 Å². The van der Waals surface area contributed by atoms with Gasteiger partial charge in [-0.15, -0.1) is 0 Å². The smallest absolute Gasteiger partial charge is 0.150 e. The van der Waals surface area contributed by atoms with Crippen molar-refractivity contribution in [3.05, 3.63) is 59.3 Å². The molecule has 1 aliphatic carbocycles. The number of hydrogen-bond acceptors (Lipinski definition) is 4. The third kappa shape index (κ3) is 3.01. The molecule has 146 valence electrons. The van der Waals surface area contributed by atoms with Gasteiger partial charge in [-0.1, -0.05) is 24.3 Å². The van der Waals surface area contributed by atoms with Crippen LogP contribution in [-0.4, -0.2) is 40.1 Å². The number of amidine groups is 1. The SMILES string of the molecule is CN(C)/N=C(\N)c1ccc(-c2nc3ccc4[nH]ncc4c3c3c2CCCC3)cc1. The molecular formula is C23H24N6. The van der Waals surface area contributed by atoms with Gasteiger partial charge in [0.2, 0.25) is 0 Å². The zero-order valence-corrected chi connectivity index (χ0v) is 16.7. The predicted octanol–water partition coefficient (Wildman–Crippen LogP) is 3.84. The molecule has 4 aromatic rings. The van der Waals surface area contributed by atoms with E-state index in [1.165, 1.54) is 34.7 Å². The van der Waals surface area contributed by atoms with Gasteiger partial charge < -0.3 is 10.7 Å². The molecule has 29 heavy (non-hydrogen) atoms. The first-order valence-corrected chi connectivity index (χ1v) is 10.0. The topological polar surface area (TPSA) is 83.2 Å². The number of rotatable bonds is 3. The van der Waals surface area contributed by atoms with Gasteiger partial charge in [0.1, 0.15) is 0 Å². The molecular weight excluding hydrogens is 360 g/mol. The number of hydrazone groups is 1. The summed E-state index contributed by atoms with van der Waals surface area (Å²) in [4.78, 5) is 5.10. The van der Waals surface area contributed by atoms with Crippen molar-refractivity contribution in [3.8, 4) is 11.3 Å². The van der Waals surface area contributed by atoms with Crippen LogP contribution in [0, 0.1) is 0 Å². The molecule has 5 rings (SSSR count). The van der Waals surface area contributed by atoms with Gasteiger partial charge >= 0.3 is 0 Å². The Balaban J connectivity index is 1.68. The first-order valence-electron chi connectivity index (χ1n) is 10.0. The Morgan fingerprint density at radius 2 is 1.79 bits per heavy atom. The Bertz CT molecular complexity index is 1230. The molecule has 0 saturated carbocycles. The van der Waals surface area contributed by atoms with Crippen molar-refractivity contribution in [1.82, 2.24) is 20.2 Å². The maximum atomic E-state index is 6.10. The lowest BCUT2D eigenvalue weighted by molar-refractivity contribution is 0.437. The van der Waals surface area contributed by atoms with E-state index in [-0.39, 0.29) is 0 Å². The van der Waals surface area contributed by atoms with Crippen LogP contribution in [0.1, 0.15) is 29.5 Å². The van der Waals surface area contributed by atoms with Crippen LogP contribution in [0.15, 0.2) is 47.7 Å².